The number of benzene rings is 1. The minimum absolute atomic E-state index is 0. The van der Waals surface area contributed by atoms with E-state index < -0.39 is 5.41 Å². The number of methoxy groups -OCH3 is 1. The number of para-hydroxylation sites is 1. The van der Waals surface area contributed by atoms with Gasteiger partial charge in [-0.15, -0.1) is 12.4 Å². The minimum atomic E-state index is -0.419. The van der Waals surface area contributed by atoms with Gasteiger partial charge in [0.05, 0.1) is 12.0 Å². The first-order valence-electron chi connectivity index (χ1n) is 10.1. The van der Waals surface area contributed by atoms with E-state index in [0.29, 0.717) is 13.2 Å². The van der Waals surface area contributed by atoms with Gasteiger partial charge in [-0.2, -0.15) is 0 Å². The number of halogens is 1. The summed E-state index contributed by atoms with van der Waals surface area (Å²) in [6, 6.07) is 8.13. The molecule has 1 aliphatic heterocycles. The van der Waals surface area contributed by atoms with Gasteiger partial charge in [-0.25, -0.2) is 0 Å². The number of amides is 1. The zero-order valence-electron chi connectivity index (χ0n) is 17.3. The number of ether oxygens (including phenoxy) is 1. The summed E-state index contributed by atoms with van der Waals surface area (Å²) in [4.78, 5) is 15.3. The van der Waals surface area contributed by atoms with Crippen molar-refractivity contribution < 1.29 is 13.9 Å². The second-order valence-electron chi connectivity index (χ2n) is 7.73. The first-order chi connectivity index (χ1) is 13.1. The fraction of sp³-hybridized carbons (Fsp3) is 0.591. The minimum Gasteiger partial charge on any atom is -0.461 e. The monoisotopic (exact) mass is 408 g/mol. The summed E-state index contributed by atoms with van der Waals surface area (Å²) in [5.41, 5.74) is 1.64. The first kappa shape index (κ1) is 22.7. The lowest BCUT2D eigenvalue weighted by Crippen LogP contribution is -2.50. The van der Waals surface area contributed by atoms with E-state index in [0.717, 1.165) is 67.5 Å². The molecule has 1 N–H and O–H groups in total. The predicted octanol–water partition coefficient (Wildman–Crippen LogP) is 4.17. The summed E-state index contributed by atoms with van der Waals surface area (Å²) < 4.78 is 11.6. The maximum Gasteiger partial charge on any atom is 0.231 e. The fourth-order valence-electron chi connectivity index (χ4n) is 4.18. The van der Waals surface area contributed by atoms with Gasteiger partial charge in [-0.3, -0.25) is 4.79 Å². The van der Waals surface area contributed by atoms with Gasteiger partial charge in [0.25, 0.3) is 0 Å². The quantitative estimate of drug-likeness (QED) is 0.712. The molecule has 1 aliphatic rings. The molecule has 5 nitrogen and oxygen atoms in total. The van der Waals surface area contributed by atoms with E-state index >= 15 is 0 Å². The van der Waals surface area contributed by atoms with Gasteiger partial charge in [0.1, 0.15) is 11.3 Å². The number of carbonyl (C=O) groups excluding carboxylic acids is 1. The van der Waals surface area contributed by atoms with Crippen LogP contribution in [0.25, 0.3) is 11.0 Å². The molecule has 0 radical (unpaired) electrons. The molecule has 0 spiro atoms. The van der Waals surface area contributed by atoms with Crippen LogP contribution in [0, 0.1) is 5.41 Å². The van der Waals surface area contributed by atoms with Crippen LogP contribution < -0.4 is 5.32 Å². The summed E-state index contributed by atoms with van der Waals surface area (Å²) in [7, 11) is 3.59. The Bertz CT molecular complexity index is 763. The van der Waals surface area contributed by atoms with Crippen LogP contribution in [0.1, 0.15) is 43.9 Å². The number of nitrogens with zero attached hydrogens (tertiary/aromatic N) is 1. The van der Waals surface area contributed by atoms with E-state index in [1.54, 1.807) is 7.11 Å². The van der Waals surface area contributed by atoms with E-state index in [1.165, 1.54) is 0 Å². The van der Waals surface area contributed by atoms with Gasteiger partial charge < -0.3 is 19.4 Å². The first-order valence-corrected chi connectivity index (χ1v) is 10.1. The van der Waals surface area contributed by atoms with Crippen molar-refractivity contribution in [1.29, 1.82) is 0 Å². The second-order valence-corrected chi connectivity index (χ2v) is 7.73. The zero-order chi connectivity index (χ0) is 19.3. The number of piperidine rings is 1. The van der Waals surface area contributed by atoms with E-state index in [9.17, 15) is 4.79 Å². The number of rotatable bonds is 8. The smallest absolute Gasteiger partial charge is 0.231 e. The third-order valence-corrected chi connectivity index (χ3v) is 5.72. The van der Waals surface area contributed by atoms with Crippen molar-refractivity contribution in [2.75, 3.05) is 33.9 Å². The normalized spacial score (nSPS) is 16.0. The Morgan fingerprint density at radius 1 is 1.29 bits per heavy atom. The van der Waals surface area contributed by atoms with Crippen LogP contribution in [0.2, 0.25) is 0 Å². The average molecular weight is 409 g/mol. The molecule has 28 heavy (non-hydrogen) atoms. The van der Waals surface area contributed by atoms with Crippen LogP contribution in [0.4, 0.5) is 0 Å². The van der Waals surface area contributed by atoms with Crippen molar-refractivity contribution >= 4 is 29.3 Å². The largest absolute Gasteiger partial charge is 0.461 e. The number of hydrogen-bond acceptors (Lipinski definition) is 4. The Hall–Kier alpha value is -1.56. The molecule has 0 unspecified atom stereocenters. The van der Waals surface area contributed by atoms with Gasteiger partial charge >= 0.3 is 0 Å². The molecule has 1 amide bonds. The topological polar surface area (TPSA) is 54.7 Å². The molecule has 0 bridgehead atoms. The highest BCUT2D eigenvalue weighted by Crippen LogP contribution is 2.33. The number of aryl methyl sites for hydroxylation is 1. The third kappa shape index (κ3) is 4.70. The zero-order valence-corrected chi connectivity index (χ0v) is 18.1. The van der Waals surface area contributed by atoms with E-state index in [2.05, 4.69) is 18.3 Å². The highest BCUT2D eigenvalue weighted by atomic mass is 35.5. The molecule has 2 aromatic rings. The molecular formula is C22H33ClN2O3. The molecule has 156 valence electrons. The van der Waals surface area contributed by atoms with E-state index in [4.69, 9.17) is 9.15 Å². The Morgan fingerprint density at radius 3 is 2.68 bits per heavy atom. The van der Waals surface area contributed by atoms with Gasteiger partial charge in [0.2, 0.25) is 5.91 Å². The van der Waals surface area contributed by atoms with Gasteiger partial charge in [0, 0.05) is 38.1 Å². The molecule has 0 aliphatic carbocycles. The average Bonchev–Trinajstić information content (AvgIpc) is 3.04. The Kier molecular flexibility index (Phi) is 8.35. The summed E-state index contributed by atoms with van der Waals surface area (Å²) in [5.74, 6) is 1.20. The standard InChI is InChI=1S/C22H32N2O3.ClH/c1-4-5-9-20-18(17-8-6-7-10-19(17)27-20)15-24(2)21(25)22(16-26-3)11-13-23-14-12-22;/h6-8,10,23H,4-5,9,11-16H2,1-3H3;1H. The molecule has 1 aromatic heterocycles. The van der Waals surface area contributed by atoms with E-state index in [-0.39, 0.29) is 18.3 Å². The van der Waals surface area contributed by atoms with Crippen LogP contribution in [0.3, 0.4) is 0 Å². The van der Waals surface area contributed by atoms with Gasteiger partial charge in [0.15, 0.2) is 0 Å². The number of fused-ring (bicyclic) bond motifs is 1. The maximum atomic E-state index is 13.4. The van der Waals surface area contributed by atoms with Crippen LogP contribution in [0.15, 0.2) is 28.7 Å². The lowest BCUT2D eigenvalue weighted by molar-refractivity contribution is -0.146. The lowest BCUT2D eigenvalue weighted by Gasteiger charge is -2.38. The Balaban J connectivity index is 0.00000280. The maximum absolute atomic E-state index is 13.4. The number of carbonyl (C=O) groups is 1. The SMILES string of the molecule is CCCCc1oc2ccccc2c1CN(C)C(=O)C1(COC)CCNCC1.Cl. The van der Waals surface area contributed by atoms with Crippen molar-refractivity contribution in [2.24, 2.45) is 5.41 Å². The van der Waals surface area contributed by atoms with Crippen molar-refractivity contribution in [3.05, 3.63) is 35.6 Å². The molecule has 2 heterocycles. The predicted molar refractivity (Wildman–Crippen MR) is 115 cm³/mol. The summed E-state index contributed by atoms with van der Waals surface area (Å²) in [6.45, 7) is 4.96. The number of hydrogen-bond donors (Lipinski definition) is 1. The van der Waals surface area contributed by atoms with Crippen molar-refractivity contribution in [3.8, 4) is 0 Å². The van der Waals surface area contributed by atoms with Crippen LogP contribution in [-0.4, -0.2) is 44.7 Å². The van der Waals surface area contributed by atoms with Crippen LogP contribution in [0.5, 0.6) is 0 Å². The van der Waals surface area contributed by atoms with E-state index in [1.807, 2.05) is 30.1 Å². The van der Waals surface area contributed by atoms with Crippen molar-refractivity contribution in [2.45, 2.75) is 45.6 Å². The molecule has 0 saturated carbocycles. The number of furan rings is 1. The van der Waals surface area contributed by atoms with Crippen molar-refractivity contribution in [1.82, 2.24) is 10.2 Å². The summed E-state index contributed by atoms with van der Waals surface area (Å²) in [5, 5.41) is 4.47. The number of nitrogens with one attached hydrogen (secondary N) is 1. The molecule has 3 rings (SSSR count). The molecule has 1 saturated heterocycles. The lowest BCUT2D eigenvalue weighted by atomic mass is 9.78. The molecule has 1 aromatic carbocycles. The van der Waals surface area contributed by atoms with Crippen LogP contribution >= 0.6 is 12.4 Å². The van der Waals surface area contributed by atoms with Gasteiger partial charge in [-0.05, 0) is 38.4 Å². The van der Waals surface area contributed by atoms with Crippen molar-refractivity contribution in [3.63, 3.8) is 0 Å². The highest BCUT2D eigenvalue weighted by molar-refractivity contribution is 5.86. The molecule has 6 heteroatoms. The van der Waals surface area contributed by atoms with Gasteiger partial charge in [-0.1, -0.05) is 31.5 Å². The molecular weight excluding hydrogens is 376 g/mol. The molecule has 0 atom stereocenters. The van der Waals surface area contributed by atoms with Crippen LogP contribution in [-0.2, 0) is 22.5 Å². The highest BCUT2D eigenvalue weighted by Gasteiger charge is 2.41. The molecule has 1 fully saturated rings. The second kappa shape index (κ2) is 10.3. The fourth-order valence-corrected chi connectivity index (χ4v) is 4.18. The summed E-state index contributed by atoms with van der Waals surface area (Å²) >= 11 is 0. The summed E-state index contributed by atoms with van der Waals surface area (Å²) in [6.07, 6.45) is 4.76. The Labute approximate surface area is 174 Å². The Morgan fingerprint density at radius 2 is 2.00 bits per heavy atom. The third-order valence-electron chi connectivity index (χ3n) is 5.72. The number of unbranched alkanes of at least 4 members (excludes halogenated alkanes) is 1.